The molecule has 2 unspecified atom stereocenters. The number of benzene rings is 1. The molecule has 0 radical (unpaired) electrons. The zero-order valence-electron chi connectivity index (χ0n) is 18.5. The first-order valence-corrected chi connectivity index (χ1v) is 11.8. The molecule has 31 heavy (non-hydrogen) atoms. The summed E-state index contributed by atoms with van der Waals surface area (Å²) in [6.45, 7) is 8.48. The summed E-state index contributed by atoms with van der Waals surface area (Å²) >= 11 is 7.94. The number of carbonyl (C=O) groups is 1. The minimum atomic E-state index is -0.0655. The van der Waals surface area contributed by atoms with E-state index in [9.17, 15) is 4.79 Å². The van der Waals surface area contributed by atoms with Crippen molar-refractivity contribution in [1.82, 2.24) is 20.1 Å². The highest BCUT2D eigenvalue weighted by atomic mass is 35.5. The van der Waals surface area contributed by atoms with Gasteiger partial charge in [0.25, 0.3) is 0 Å². The number of amides is 1. The Hall–Kier alpha value is -2.44. The molecule has 1 aliphatic heterocycles. The molecule has 0 saturated heterocycles. The van der Waals surface area contributed by atoms with E-state index in [1.54, 1.807) is 18.4 Å². The Balaban J connectivity index is 2.04. The van der Waals surface area contributed by atoms with Gasteiger partial charge in [-0.25, -0.2) is 0 Å². The van der Waals surface area contributed by atoms with Crippen LogP contribution in [-0.2, 0) is 4.79 Å². The third-order valence-electron chi connectivity index (χ3n) is 6.23. The average Bonchev–Trinajstić information content (AvgIpc) is 3.26. The Bertz CT molecular complexity index is 1160. The van der Waals surface area contributed by atoms with Gasteiger partial charge in [0.1, 0.15) is 16.6 Å². The molecule has 0 saturated carbocycles. The number of allylic oxidation sites excluding steroid dienone is 1. The van der Waals surface area contributed by atoms with Crippen LogP contribution in [0.2, 0.25) is 5.02 Å². The molecular weight excluding hydrogens is 428 g/mol. The quantitative estimate of drug-likeness (QED) is 0.558. The van der Waals surface area contributed by atoms with E-state index < -0.39 is 0 Å². The first kappa shape index (κ1) is 21.8. The summed E-state index contributed by atoms with van der Waals surface area (Å²) in [7, 11) is 1.68. The van der Waals surface area contributed by atoms with Crippen LogP contribution in [0, 0.1) is 26.7 Å². The molecule has 1 N–H and O–H groups in total. The molecule has 0 bridgehead atoms. The number of hydrogen-bond donors (Lipinski definition) is 1. The molecule has 7 heteroatoms. The highest BCUT2D eigenvalue weighted by Crippen LogP contribution is 2.45. The number of aromatic nitrogens is 3. The topological polar surface area (TPSA) is 59.8 Å². The molecule has 0 fully saturated rings. The van der Waals surface area contributed by atoms with Crippen LogP contribution in [0.25, 0.3) is 10.6 Å². The predicted molar refractivity (Wildman–Crippen MR) is 127 cm³/mol. The van der Waals surface area contributed by atoms with E-state index in [0.717, 1.165) is 33.7 Å². The lowest BCUT2D eigenvalue weighted by Gasteiger charge is -2.28. The van der Waals surface area contributed by atoms with Crippen molar-refractivity contribution in [3.8, 4) is 5.00 Å². The number of carbonyl (C=O) groups excluding carboxylic acids is 1. The minimum absolute atomic E-state index is 0.0106. The fourth-order valence-electron chi connectivity index (χ4n) is 4.38. The number of nitrogens with zero attached hydrogens (tertiary/aromatic N) is 3. The molecule has 1 aliphatic rings. The standard InChI is InChI=1S/C24H27ClN4OS/c1-6-16-11-19(17-7-9-18(25)10-8-17)22-13(2)14(3)31-24(22)29-15(4)27-28-23(29)20(16)12-21(30)26-5/h7-11,16,20H,6,12H2,1-5H3,(H,26,30). The Kier molecular flexibility index (Phi) is 6.04. The van der Waals surface area contributed by atoms with Crippen LogP contribution in [0.5, 0.6) is 0 Å². The van der Waals surface area contributed by atoms with Gasteiger partial charge >= 0.3 is 0 Å². The second kappa shape index (κ2) is 8.60. The van der Waals surface area contributed by atoms with Gasteiger partial charge < -0.3 is 5.32 Å². The van der Waals surface area contributed by atoms with Crippen molar-refractivity contribution in [3.63, 3.8) is 0 Å². The van der Waals surface area contributed by atoms with Crippen molar-refractivity contribution in [2.45, 2.75) is 46.5 Å². The van der Waals surface area contributed by atoms with Crippen molar-refractivity contribution < 1.29 is 4.79 Å². The van der Waals surface area contributed by atoms with E-state index in [1.807, 2.05) is 19.1 Å². The number of thiophene rings is 1. The molecular formula is C24H27ClN4OS. The number of rotatable bonds is 4. The van der Waals surface area contributed by atoms with E-state index in [1.165, 1.54) is 21.6 Å². The van der Waals surface area contributed by atoms with Crippen LogP contribution in [-0.4, -0.2) is 27.7 Å². The zero-order valence-corrected chi connectivity index (χ0v) is 20.1. The summed E-state index contributed by atoms with van der Waals surface area (Å²) in [6, 6.07) is 8.02. The lowest BCUT2D eigenvalue weighted by Crippen LogP contribution is -2.26. The number of fused-ring (bicyclic) bond motifs is 3. The smallest absolute Gasteiger partial charge is 0.220 e. The molecule has 1 aromatic carbocycles. The molecule has 162 valence electrons. The molecule has 2 atom stereocenters. The van der Waals surface area contributed by atoms with E-state index in [2.05, 4.69) is 59.1 Å². The van der Waals surface area contributed by atoms with E-state index >= 15 is 0 Å². The average molecular weight is 455 g/mol. The van der Waals surface area contributed by atoms with Gasteiger partial charge in [0.2, 0.25) is 5.91 Å². The summed E-state index contributed by atoms with van der Waals surface area (Å²) < 4.78 is 2.17. The number of hydrogen-bond acceptors (Lipinski definition) is 4. The minimum Gasteiger partial charge on any atom is -0.359 e. The first-order chi connectivity index (χ1) is 14.8. The highest BCUT2D eigenvalue weighted by molar-refractivity contribution is 7.15. The largest absolute Gasteiger partial charge is 0.359 e. The fourth-order valence-corrected chi connectivity index (χ4v) is 5.73. The highest BCUT2D eigenvalue weighted by Gasteiger charge is 2.34. The maximum atomic E-state index is 12.4. The van der Waals surface area contributed by atoms with Gasteiger partial charge in [0, 0.05) is 34.8 Å². The van der Waals surface area contributed by atoms with Crippen molar-refractivity contribution in [2.75, 3.05) is 7.05 Å². The van der Waals surface area contributed by atoms with Gasteiger partial charge in [-0.15, -0.1) is 21.5 Å². The Labute approximate surface area is 192 Å². The second-order valence-corrected chi connectivity index (χ2v) is 9.69. The van der Waals surface area contributed by atoms with Gasteiger partial charge in [0.05, 0.1) is 0 Å². The summed E-state index contributed by atoms with van der Waals surface area (Å²) in [4.78, 5) is 13.7. The molecule has 2 aromatic heterocycles. The molecule has 0 aliphatic carbocycles. The van der Waals surface area contributed by atoms with E-state index in [4.69, 9.17) is 11.6 Å². The lowest BCUT2D eigenvalue weighted by atomic mass is 9.81. The second-order valence-electron chi connectivity index (χ2n) is 8.05. The van der Waals surface area contributed by atoms with Crippen LogP contribution in [0.1, 0.15) is 58.9 Å². The molecule has 3 aromatic rings. The summed E-state index contributed by atoms with van der Waals surface area (Å²) in [6.07, 6.45) is 3.60. The Morgan fingerprint density at radius 3 is 2.55 bits per heavy atom. The molecule has 4 rings (SSSR count). The van der Waals surface area contributed by atoms with Crippen molar-refractivity contribution in [3.05, 3.63) is 68.6 Å². The Morgan fingerprint density at radius 1 is 1.19 bits per heavy atom. The monoisotopic (exact) mass is 454 g/mol. The molecule has 5 nitrogen and oxygen atoms in total. The maximum Gasteiger partial charge on any atom is 0.220 e. The summed E-state index contributed by atoms with van der Waals surface area (Å²) in [5.41, 5.74) is 4.78. The van der Waals surface area contributed by atoms with Crippen LogP contribution in [0.3, 0.4) is 0 Å². The van der Waals surface area contributed by atoms with Crippen molar-refractivity contribution in [1.29, 1.82) is 0 Å². The normalized spacial score (nSPS) is 17.9. The molecule has 0 spiro atoms. The van der Waals surface area contributed by atoms with Gasteiger partial charge in [-0.3, -0.25) is 9.36 Å². The van der Waals surface area contributed by atoms with Gasteiger partial charge in [-0.05, 0) is 61.9 Å². The van der Waals surface area contributed by atoms with Crippen molar-refractivity contribution >= 4 is 34.4 Å². The van der Waals surface area contributed by atoms with Gasteiger partial charge in [0.15, 0.2) is 0 Å². The van der Waals surface area contributed by atoms with E-state index in [-0.39, 0.29) is 17.7 Å². The number of nitrogens with one attached hydrogen (secondary N) is 1. The third-order valence-corrected chi connectivity index (χ3v) is 7.67. The number of halogens is 1. The first-order valence-electron chi connectivity index (χ1n) is 10.6. The van der Waals surface area contributed by atoms with E-state index in [0.29, 0.717) is 6.42 Å². The molecule has 1 amide bonds. The Morgan fingerprint density at radius 2 is 1.90 bits per heavy atom. The SMILES string of the molecule is CCC1C=C(c2ccc(Cl)cc2)c2c(sc(C)c2C)-n2c(C)nnc2C1CC(=O)NC. The van der Waals surface area contributed by atoms with Gasteiger partial charge in [-0.2, -0.15) is 0 Å². The van der Waals surface area contributed by atoms with Crippen LogP contribution in [0.4, 0.5) is 0 Å². The third kappa shape index (κ3) is 3.83. The van der Waals surface area contributed by atoms with Crippen molar-refractivity contribution in [2.24, 2.45) is 5.92 Å². The molecule has 3 heterocycles. The van der Waals surface area contributed by atoms with Crippen LogP contribution >= 0.6 is 22.9 Å². The zero-order chi connectivity index (χ0) is 22.3. The summed E-state index contributed by atoms with van der Waals surface area (Å²) in [5, 5.41) is 13.6. The maximum absolute atomic E-state index is 12.4. The van der Waals surface area contributed by atoms with Crippen LogP contribution in [0.15, 0.2) is 30.3 Å². The lowest BCUT2D eigenvalue weighted by molar-refractivity contribution is -0.121. The predicted octanol–water partition coefficient (Wildman–Crippen LogP) is 5.60. The van der Waals surface area contributed by atoms with Crippen LogP contribution < -0.4 is 5.32 Å². The summed E-state index contributed by atoms with van der Waals surface area (Å²) in [5.74, 6) is 1.78. The van der Waals surface area contributed by atoms with Gasteiger partial charge in [-0.1, -0.05) is 36.7 Å². The number of aryl methyl sites for hydroxylation is 2. The fraction of sp³-hybridized carbons (Fsp3) is 0.375.